The molecular weight excluding hydrogens is 400 g/mol. The van der Waals surface area contributed by atoms with Crippen molar-refractivity contribution >= 4 is 16.4 Å². The number of aryl methyl sites for hydroxylation is 2. The van der Waals surface area contributed by atoms with Crippen LogP contribution < -0.4 is 0 Å². The van der Waals surface area contributed by atoms with E-state index in [0.29, 0.717) is 0 Å². The molecule has 0 N–H and O–H groups in total. The van der Waals surface area contributed by atoms with Gasteiger partial charge in [-0.05, 0) is 25.7 Å². The van der Waals surface area contributed by atoms with Gasteiger partial charge in [-0.2, -0.15) is 0 Å². The monoisotopic (exact) mass is 414 g/mol. The number of benzene rings is 1. The fourth-order valence-corrected chi connectivity index (χ4v) is 3.02. The van der Waals surface area contributed by atoms with E-state index in [9.17, 15) is 0 Å². The number of fused-ring (bicyclic) bond motifs is 6. The zero-order chi connectivity index (χ0) is 11.2. The van der Waals surface area contributed by atoms with Crippen molar-refractivity contribution in [3.8, 4) is 0 Å². The molecule has 0 atom stereocenters. The second kappa shape index (κ2) is 4.49. The molecule has 1 aliphatic rings. The van der Waals surface area contributed by atoms with Gasteiger partial charge in [-0.15, -0.1) is 35.0 Å². The van der Waals surface area contributed by atoms with Gasteiger partial charge in [0.05, 0.1) is 5.65 Å². The third-order valence-electron chi connectivity index (χ3n) is 3.78. The minimum atomic E-state index is 0. The Morgan fingerprint density at radius 2 is 2.11 bits per heavy atom. The molecule has 0 amide bonds. The molecular formula is C15H13IrN2-. The van der Waals surface area contributed by atoms with Crippen molar-refractivity contribution in [3.05, 3.63) is 47.9 Å². The van der Waals surface area contributed by atoms with Crippen LogP contribution in [0.4, 0.5) is 0 Å². The van der Waals surface area contributed by atoms with Gasteiger partial charge in [0.2, 0.25) is 0 Å². The van der Waals surface area contributed by atoms with Crippen LogP contribution in [0.2, 0.25) is 0 Å². The summed E-state index contributed by atoms with van der Waals surface area (Å²) in [6.07, 6.45) is 8.94. The molecule has 4 rings (SSSR count). The van der Waals surface area contributed by atoms with Crippen LogP contribution >= 0.6 is 0 Å². The zero-order valence-corrected chi connectivity index (χ0v) is 12.3. The van der Waals surface area contributed by atoms with Crippen LogP contribution in [-0.4, -0.2) is 9.38 Å². The first kappa shape index (κ1) is 11.9. The van der Waals surface area contributed by atoms with Crippen LogP contribution in [0.5, 0.6) is 0 Å². The molecule has 0 bridgehead atoms. The Labute approximate surface area is 119 Å². The van der Waals surface area contributed by atoms with Gasteiger partial charge in [-0.3, -0.25) is 4.98 Å². The Morgan fingerprint density at radius 1 is 1.22 bits per heavy atom. The molecule has 18 heavy (non-hydrogen) atoms. The van der Waals surface area contributed by atoms with Crippen LogP contribution in [0.1, 0.15) is 24.1 Å². The maximum absolute atomic E-state index is 4.49. The van der Waals surface area contributed by atoms with Crippen molar-refractivity contribution in [2.24, 2.45) is 0 Å². The summed E-state index contributed by atoms with van der Waals surface area (Å²) >= 11 is 0. The van der Waals surface area contributed by atoms with Crippen LogP contribution in [-0.2, 0) is 32.9 Å². The SMILES string of the molecule is [Ir].[c-]1cccc2c3c(n4ccnc4c12)CCCC3. The van der Waals surface area contributed by atoms with E-state index in [4.69, 9.17) is 0 Å². The van der Waals surface area contributed by atoms with E-state index in [1.165, 1.54) is 42.3 Å². The normalized spacial score (nSPS) is 14.4. The van der Waals surface area contributed by atoms with E-state index < -0.39 is 0 Å². The largest absolute Gasteiger partial charge is 0.344 e. The Hall–Kier alpha value is -1.18. The summed E-state index contributed by atoms with van der Waals surface area (Å²) in [5, 5.41) is 2.51. The van der Waals surface area contributed by atoms with Gasteiger partial charge in [0.15, 0.2) is 0 Å². The quantitative estimate of drug-likeness (QED) is 0.518. The fourth-order valence-electron chi connectivity index (χ4n) is 3.02. The van der Waals surface area contributed by atoms with Gasteiger partial charge >= 0.3 is 0 Å². The maximum Gasteiger partial charge on any atom is 0.0605 e. The Balaban J connectivity index is 0.000001000. The number of nitrogens with zero attached hydrogens (tertiary/aromatic N) is 2. The summed E-state index contributed by atoms with van der Waals surface area (Å²) in [5.41, 5.74) is 4.02. The molecule has 0 saturated heterocycles. The molecule has 3 heteroatoms. The first-order valence-electron chi connectivity index (χ1n) is 6.22. The summed E-state index contributed by atoms with van der Waals surface area (Å²) in [6.45, 7) is 0. The van der Waals surface area contributed by atoms with Crippen LogP contribution in [0.15, 0.2) is 30.6 Å². The van der Waals surface area contributed by atoms with Gasteiger partial charge in [0, 0.05) is 38.2 Å². The van der Waals surface area contributed by atoms with Gasteiger partial charge in [-0.25, -0.2) is 0 Å². The number of aromatic nitrogens is 2. The molecule has 1 radical (unpaired) electrons. The first-order chi connectivity index (χ1) is 8.45. The van der Waals surface area contributed by atoms with Gasteiger partial charge in [-0.1, -0.05) is 5.56 Å². The number of hydrogen-bond donors (Lipinski definition) is 0. The molecule has 0 spiro atoms. The molecule has 2 nitrogen and oxygen atoms in total. The van der Waals surface area contributed by atoms with Crippen molar-refractivity contribution in [1.29, 1.82) is 0 Å². The average molecular weight is 414 g/mol. The van der Waals surface area contributed by atoms with Crippen LogP contribution in [0.25, 0.3) is 16.4 Å². The number of imidazole rings is 1. The second-order valence-corrected chi connectivity index (χ2v) is 4.71. The van der Waals surface area contributed by atoms with Gasteiger partial charge in [0.1, 0.15) is 0 Å². The molecule has 0 saturated carbocycles. The van der Waals surface area contributed by atoms with Crippen LogP contribution in [0, 0.1) is 6.07 Å². The Kier molecular flexibility index (Phi) is 2.96. The van der Waals surface area contributed by atoms with E-state index in [1.54, 1.807) is 0 Å². The summed E-state index contributed by atoms with van der Waals surface area (Å²) in [4.78, 5) is 4.49. The fraction of sp³-hybridized carbons (Fsp3) is 0.267. The standard InChI is InChI=1S/C15H13N2.Ir/c1-2-7-13-11(5-1)12-6-3-4-8-14(12)17-10-9-16-15(13)17;/h1-2,5,9-10H,3-4,6,8H2;/q-1;. The van der Waals surface area contributed by atoms with Crippen molar-refractivity contribution in [1.82, 2.24) is 9.38 Å². The van der Waals surface area contributed by atoms with Crippen molar-refractivity contribution in [2.45, 2.75) is 25.7 Å². The minimum Gasteiger partial charge on any atom is -0.344 e. The maximum atomic E-state index is 4.49. The molecule has 2 aromatic heterocycles. The van der Waals surface area contributed by atoms with E-state index >= 15 is 0 Å². The van der Waals surface area contributed by atoms with Crippen molar-refractivity contribution in [2.75, 3.05) is 0 Å². The van der Waals surface area contributed by atoms with Gasteiger partial charge in [0.25, 0.3) is 0 Å². The molecule has 1 aromatic carbocycles. The van der Waals surface area contributed by atoms with E-state index in [2.05, 4.69) is 33.8 Å². The van der Waals surface area contributed by atoms with Gasteiger partial charge < -0.3 is 4.40 Å². The molecule has 0 aliphatic heterocycles. The number of rotatable bonds is 0. The molecule has 93 valence electrons. The van der Waals surface area contributed by atoms with Crippen molar-refractivity contribution < 1.29 is 20.1 Å². The van der Waals surface area contributed by atoms with E-state index in [0.717, 1.165) is 11.0 Å². The molecule has 0 fully saturated rings. The third kappa shape index (κ3) is 1.54. The predicted molar refractivity (Wildman–Crippen MR) is 68.2 cm³/mol. The number of hydrogen-bond acceptors (Lipinski definition) is 1. The predicted octanol–water partition coefficient (Wildman–Crippen LogP) is 3.16. The summed E-state index contributed by atoms with van der Waals surface area (Å²) in [6, 6.07) is 9.62. The smallest absolute Gasteiger partial charge is 0.0605 e. The number of pyridine rings is 1. The second-order valence-electron chi connectivity index (χ2n) is 4.71. The Morgan fingerprint density at radius 3 is 3.06 bits per heavy atom. The molecule has 0 unspecified atom stereocenters. The van der Waals surface area contributed by atoms with E-state index in [1.807, 2.05) is 12.3 Å². The average Bonchev–Trinajstić information content (AvgIpc) is 2.89. The molecule has 1 aliphatic carbocycles. The summed E-state index contributed by atoms with van der Waals surface area (Å²) < 4.78 is 2.26. The first-order valence-corrected chi connectivity index (χ1v) is 6.22. The van der Waals surface area contributed by atoms with E-state index in [-0.39, 0.29) is 20.1 Å². The summed E-state index contributed by atoms with van der Waals surface area (Å²) in [7, 11) is 0. The van der Waals surface area contributed by atoms with Crippen molar-refractivity contribution in [3.63, 3.8) is 0 Å². The minimum absolute atomic E-state index is 0. The van der Waals surface area contributed by atoms with Crippen LogP contribution in [0.3, 0.4) is 0 Å². The zero-order valence-electron chi connectivity index (χ0n) is 9.94. The Bertz CT molecular complexity index is 715. The third-order valence-corrected chi connectivity index (χ3v) is 3.78. The molecule has 3 aromatic rings. The molecule has 2 heterocycles. The topological polar surface area (TPSA) is 17.3 Å². The summed E-state index contributed by atoms with van der Waals surface area (Å²) in [5.74, 6) is 0.